The van der Waals surface area contributed by atoms with E-state index >= 15 is 0 Å². The SMILES string of the molecule is O=C(NCc1cc(-c2ccc(C(F)(F)F)cc2)ncn1)C1CC2COCC2N1Sc1ccc(F)cc1. The Hall–Kier alpha value is -3.02. The van der Waals surface area contributed by atoms with Crippen molar-refractivity contribution in [3.05, 3.63) is 78.0 Å². The van der Waals surface area contributed by atoms with Gasteiger partial charge in [-0.15, -0.1) is 0 Å². The first kappa shape index (κ1) is 24.7. The number of halogens is 4. The van der Waals surface area contributed by atoms with Crippen LogP contribution in [-0.2, 0) is 22.3 Å². The molecule has 0 spiro atoms. The molecule has 0 bridgehead atoms. The Morgan fingerprint density at radius 3 is 2.56 bits per heavy atom. The molecule has 2 fully saturated rings. The number of fused-ring (bicyclic) bond motifs is 1. The predicted molar refractivity (Wildman–Crippen MR) is 125 cm³/mol. The van der Waals surface area contributed by atoms with Crippen molar-refractivity contribution in [3.63, 3.8) is 0 Å². The van der Waals surface area contributed by atoms with Gasteiger partial charge in [0.2, 0.25) is 5.91 Å². The van der Waals surface area contributed by atoms with Crippen LogP contribution in [0.2, 0.25) is 0 Å². The van der Waals surface area contributed by atoms with E-state index in [1.807, 2.05) is 4.31 Å². The Bertz CT molecular complexity index is 1220. The molecule has 11 heteroatoms. The van der Waals surface area contributed by atoms with Gasteiger partial charge in [0.1, 0.15) is 18.2 Å². The molecular formula is C25H22F4N4O2S. The van der Waals surface area contributed by atoms with Gasteiger partial charge in [0.05, 0.1) is 36.7 Å². The molecule has 1 amide bonds. The fraction of sp³-hybridized carbons (Fsp3) is 0.320. The minimum Gasteiger partial charge on any atom is -0.379 e. The van der Waals surface area contributed by atoms with E-state index in [1.54, 1.807) is 18.2 Å². The van der Waals surface area contributed by atoms with Crippen molar-refractivity contribution in [2.24, 2.45) is 5.92 Å². The first-order valence-electron chi connectivity index (χ1n) is 11.3. The van der Waals surface area contributed by atoms with Gasteiger partial charge < -0.3 is 10.1 Å². The zero-order valence-electron chi connectivity index (χ0n) is 18.9. The van der Waals surface area contributed by atoms with Gasteiger partial charge in [0.25, 0.3) is 0 Å². The van der Waals surface area contributed by atoms with Gasteiger partial charge in [-0.25, -0.2) is 18.7 Å². The van der Waals surface area contributed by atoms with Gasteiger partial charge >= 0.3 is 6.18 Å². The van der Waals surface area contributed by atoms with Crippen molar-refractivity contribution in [2.75, 3.05) is 13.2 Å². The van der Waals surface area contributed by atoms with Crippen LogP contribution in [0.15, 0.2) is 65.8 Å². The number of nitrogens with one attached hydrogen (secondary N) is 1. The second-order valence-corrected chi connectivity index (χ2v) is 9.78. The highest BCUT2D eigenvalue weighted by atomic mass is 32.2. The number of benzene rings is 2. The summed E-state index contributed by atoms with van der Waals surface area (Å²) in [4.78, 5) is 22.4. The Balaban J connectivity index is 1.26. The second-order valence-electron chi connectivity index (χ2n) is 8.71. The molecule has 36 heavy (non-hydrogen) atoms. The molecule has 0 radical (unpaired) electrons. The Morgan fingerprint density at radius 1 is 1.08 bits per heavy atom. The van der Waals surface area contributed by atoms with Crippen LogP contribution < -0.4 is 5.32 Å². The normalized spacial score (nSPS) is 21.9. The summed E-state index contributed by atoms with van der Waals surface area (Å²) in [5.41, 5.74) is 0.780. The molecule has 0 aliphatic carbocycles. The topological polar surface area (TPSA) is 67.3 Å². The van der Waals surface area contributed by atoms with Gasteiger partial charge in [0.15, 0.2) is 0 Å². The fourth-order valence-electron chi connectivity index (χ4n) is 4.46. The first-order chi connectivity index (χ1) is 17.3. The number of hydrogen-bond acceptors (Lipinski definition) is 6. The maximum atomic E-state index is 13.3. The number of nitrogens with zero attached hydrogens (tertiary/aromatic N) is 3. The van der Waals surface area contributed by atoms with E-state index in [9.17, 15) is 22.4 Å². The maximum Gasteiger partial charge on any atom is 0.416 e. The summed E-state index contributed by atoms with van der Waals surface area (Å²) in [5, 5.41) is 2.93. The van der Waals surface area contributed by atoms with Crippen molar-refractivity contribution in [1.82, 2.24) is 19.6 Å². The van der Waals surface area contributed by atoms with Gasteiger partial charge in [-0.05, 0) is 60.8 Å². The highest BCUT2D eigenvalue weighted by Crippen LogP contribution is 2.41. The van der Waals surface area contributed by atoms with E-state index in [4.69, 9.17) is 4.74 Å². The molecule has 3 unspecified atom stereocenters. The van der Waals surface area contributed by atoms with Gasteiger partial charge in [-0.1, -0.05) is 12.1 Å². The molecule has 5 rings (SSSR count). The zero-order chi connectivity index (χ0) is 25.3. The highest BCUT2D eigenvalue weighted by Gasteiger charge is 2.48. The molecule has 0 saturated carbocycles. The van der Waals surface area contributed by atoms with Crippen LogP contribution in [0.5, 0.6) is 0 Å². The van der Waals surface area contributed by atoms with Gasteiger partial charge in [-0.2, -0.15) is 13.2 Å². The molecule has 1 aromatic heterocycles. The van der Waals surface area contributed by atoms with E-state index in [1.165, 1.54) is 42.5 Å². The maximum absolute atomic E-state index is 13.3. The number of amides is 1. The Labute approximate surface area is 209 Å². The predicted octanol–water partition coefficient (Wildman–Crippen LogP) is 4.71. The fourth-order valence-corrected chi connectivity index (χ4v) is 5.64. The third kappa shape index (κ3) is 5.37. The Morgan fingerprint density at radius 2 is 1.83 bits per heavy atom. The van der Waals surface area contributed by atoms with E-state index in [2.05, 4.69) is 15.3 Å². The number of carbonyl (C=O) groups is 1. The first-order valence-corrected chi connectivity index (χ1v) is 12.1. The quantitative estimate of drug-likeness (QED) is 0.377. The van der Waals surface area contributed by atoms with E-state index in [0.29, 0.717) is 36.6 Å². The molecule has 2 aliphatic rings. The molecule has 3 atom stereocenters. The summed E-state index contributed by atoms with van der Waals surface area (Å²) in [6, 6.07) is 12.2. The van der Waals surface area contributed by atoms with Crippen LogP contribution in [0.4, 0.5) is 17.6 Å². The summed E-state index contributed by atoms with van der Waals surface area (Å²) in [7, 11) is 0. The molecule has 2 aromatic carbocycles. The summed E-state index contributed by atoms with van der Waals surface area (Å²) in [6.45, 7) is 1.27. The number of ether oxygens (including phenoxy) is 1. The van der Waals surface area contributed by atoms with Crippen LogP contribution in [0.3, 0.4) is 0 Å². The lowest BCUT2D eigenvalue weighted by atomic mass is 10.0. The standard InChI is InChI=1S/C25H22F4N4O2S/c26-18-5-7-20(8-6-18)36-33-22(9-16-12-35-13-23(16)33)24(34)30-11-19-10-21(32-14-31-19)15-1-3-17(4-2-15)25(27,28)29/h1-8,10,14,16,22-23H,9,11-13H2,(H,30,34). The van der Waals surface area contributed by atoms with E-state index in [0.717, 1.165) is 17.0 Å². The van der Waals surface area contributed by atoms with Crippen molar-refractivity contribution in [1.29, 1.82) is 0 Å². The lowest BCUT2D eigenvalue weighted by Gasteiger charge is -2.27. The van der Waals surface area contributed by atoms with Gasteiger partial charge in [-0.3, -0.25) is 4.79 Å². The molecule has 2 aliphatic heterocycles. The number of hydrogen-bond donors (Lipinski definition) is 1. The lowest BCUT2D eigenvalue weighted by Crippen LogP contribution is -2.43. The molecule has 188 valence electrons. The number of alkyl halides is 3. The Kier molecular flexibility index (Phi) is 6.96. The highest BCUT2D eigenvalue weighted by molar-refractivity contribution is 7.97. The minimum absolute atomic E-state index is 0.0844. The average molecular weight is 519 g/mol. The summed E-state index contributed by atoms with van der Waals surface area (Å²) in [6.07, 6.45) is -2.44. The summed E-state index contributed by atoms with van der Waals surface area (Å²) >= 11 is 1.42. The van der Waals surface area contributed by atoms with Gasteiger partial charge in [0, 0.05) is 22.4 Å². The molecule has 1 N–H and O–H groups in total. The number of rotatable bonds is 6. The average Bonchev–Trinajstić information content (AvgIpc) is 3.46. The number of aromatic nitrogens is 2. The van der Waals surface area contributed by atoms with Crippen LogP contribution in [0.1, 0.15) is 17.7 Å². The molecule has 2 saturated heterocycles. The lowest BCUT2D eigenvalue weighted by molar-refractivity contribution is -0.137. The number of carbonyl (C=O) groups excluding carboxylic acids is 1. The third-order valence-electron chi connectivity index (χ3n) is 6.33. The van der Waals surface area contributed by atoms with E-state index in [-0.39, 0.29) is 30.2 Å². The van der Waals surface area contributed by atoms with Crippen LogP contribution in [0, 0.1) is 11.7 Å². The minimum atomic E-state index is -4.41. The monoisotopic (exact) mass is 518 g/mol. The molecule has 3 aromatic rings. The summed E-state index contributed by atoms with van der Waals surface area (Å²) < 4.78 is 59.5. The zero-order valence-corrected chi connectivity index (χ0v) is 19.7. The van der Waals surface area contributed by atoms with E-state index < -0.39 is 17.8 Å². The third-order valence-corrected chi connectivity index (χ3v) is 7.55. The van der Waals surface area contributed by atoms with Crippen molar-refractivity contribution in [2.45, 2.75) is 36.1 Å². The smallest absolute Gasteiger partial charge is 0.379 e. The molecular weight excluding hydrogens is 496 g/mol. The van der Waals surface area contributed by atoms with Crippen LogP contribution in [-0.4, -0.2) is 45.5 Å². The molecule has 6 nitrogen and oxygen atoms in total. The van der Waals surface area contributed by atoms with Crippen LogP contribution >= 0.6 is 11.9 Å². The van der Waals surface area contributed by atoms with Crippen molar-refractivity contribution < 1.29 is 27.1 Å². The van der Waals surface area contributed by atoms with Crippen molar-refractivity contribution >= 4 is 17.9 Å². The largest absolute Gasteiger partial charge is 0.416 e. The summed E-state index contributed by atoms with van der Waals surface area (Å²) in [5.74, 6) is -0.245. The van der Waals surface area contributed by atoms with Crippen LogP contribution in [0.25, 0.3) is 11.3 Å². The second kappa shape index (κ2) is 10.2. The van der Waals surface area contributed by atoms with Crippen molar-refractivity contribution in [3.8, 4) is 11.3 Å². The molecule has 3 heterocycles.